The summed E-state index contributed by atoms with van der Waals surface area (Å²) in [6.07, 6.45) is 0.642. The fraction of sp³-hybridized carbons (Fsp3) is 0.500. The minimum Gasteiger partial charge on any atom is -0.376 e. The smallest absolute Gasteiger partial charge is 0.232 e. The van der Waals surface area contributed by atoms with Crippen LogP contribution in [0.4, 0.5) is 4.39 Å². The van der Waals surface area contributed by atoms with Crippen LogP contribution in [0.1, 0.15) is 18.9 Å². The molecule has 102 valence electrons. The van der Waals surface area contributed by atoms with Crippen LogP contribution in [0.3, 0.4) is 0 Å². The van der Waals surface area contributed by atoms with Crippen LogP contribution in [-0.4, -0.2) is 20.8 Å². The van der Waals surface area contributed by atoms with Crippen molar-refractivity contribution < 1.29 is 17.5 Å². The Labute approximate surface area is 111 Å². The number of halogens is 2. The third-order valence-corrected chi connectivity index (χ3v) is 3.83. The molecule has 1 rings (SSSR count). The molecule has 0 aliphatic heterocycles. The van der Waals surface area contributed by atoms with Crippen LogP contribution in [-0.2, 0) is 20.4 Å². The number of hydrogen-bond donors (Lipinski definition) is 0. The van der Waals surface area contributed by atoms with Gasteiger partial charge in [0.05, 0.1) is 19.0 Å². The highest BCUT2D eigenvalue weighted by molar-refractivity contribution is 8.13. The molecule has 1 atom stereocenters. The molecule has 0 amide bonds. The van der Waals surface area contributed by atoms with Gasteiger partial charge in [-0.05, 0) is 12.0 Å². The molecule has 18 heavy (non-hydrogen) atoms. The zero-order valence-corrected chi connectivity index (χ0v) is 11.7. The molecule has 0 aliphatic rings. The maximum Gasteiger partial charge on any atom is 0.232 e. The second kappa shape index (κ2) is 7.07. The average Bonchev–Trinajstić information content (AvgIpc) is 2.28. The maximum absolute atomic E-state index is 13.3. The molecule has 0 fully saturated rings. The second-order valence-electron chi connectivity index (χ2n) is 4.09. The normalized spacial score (nSPS) is 13.5. The first-order chi connectivity index (χ1) is 8.42. The van der Waals surface area contributed by atoms with Crippen LogP contribution in [0.25, 0.3) is 0 Å². The zero-order chi connectivity index (χ0) is 13.6. The van der Waals surface area contributed by atoms with E-state index in [0.717, 1.165) is 0 Å². The Balaban J connectivity index is 2.43. The predicted octanol–water partition coefficient (Wildman–Crippen LogP) is 2.94. The Morgan fingerprint density at radius 3 is 2.61 bits per heavy atom. The maximum atomic E-state index is 13.3. The van der Waals surface area contributed by atoms with Crippen molar-refractivity contribution in [2.24, 2.45) is 5.92 Å². The van der Waals surface area contributed by atoms with Crippen molar-refractivity contribution in [1.29, 1.82) is 0 Å². The van der Waals surface area contributed by atoms with E-state index in [4.69, 9.17) is 15.4 Å². The lowest BCUT2D eigenvalue weighted by Crippen LogP contribution is -2.17. The van der Waals surface area contributed by atoms with Gasteiger partial charge in [-0.15, -0.1) is 0 Å². The number of benzene rings is 1. The Morgan fingerprint density at radius 2 is 2.06 bits per heavy atom. The molecule has 0 bridgehead atoms. The molecule has 1 aromatic carbocycles. The topological polar surface area (TPSA) is 43.4 Å². The van der Waals surface area contributed by atoms with Crippen LogP contribution >= 0.6 is 10.7 Å². The van der Waals surface area contributed by atoms with Crippen molar-refractivity contribution in [3.63, 3.8) is 0 Å². The van der Waals surface area contributed by atoms with Gasteiger partial charge in [0, 0.05) is 16.2 Å². The fourth-order valence-electron chi connectivity index (χ4n) is 1.52. The SMILES string of the molecule is CCC(COCc1ccccc1F)CS(=O)(=O)Cl. The first kappa shape index (κ1) is 15.4. The van der Waals surface area contributed by atoms with Crippen molar-refractivity contribution in [3.8, 4) is 0 Å². The van der Waals surface area contributed by atoms with Crippen molar-refractivity contribution >= 4 is 19.7 Å². The van der Waals surface area contributed by atoms with E-state index in [1.54, 1.807) is 18.2 Å². The van der Waals surface area contributed by atoms with Gasteiger partial charge in [0.15, 0.2) is 0 Å². The van der Waals surface area contributed by atoms with Crippen molar-refractivity contribution in [2.75, 3.05) is 12.4 Å². The molecule has 0 aliphatic carbocycles. The highest BCUT2D eigenvalue weighted by Gasteiger charge is 2.15. The summed E-state index contributed by atoms with van der Waals surface area (Å²) in [7, 11) is 1.66. The van der Waals surface area contributed by atoms with Gasteiger partial charge in [0.25, 0.3) is 0 Å². The molecule has 3 nitrogen and oxygen atoms in total. The summed E-state index contributed by atoms with van der Waals surface area (Å²) in [5.74, 6) is -0.614. The van der Waals surface area contributed by atoms with Gasteiger partial charge in [-0.3, -0.25) is 0 Å². The molecule has 0 radical (unpaired) electrons. The molecule has 0 saturated heterocycles. The van der Waals surface area contributed by atoms with E-state index in [9.17, 15) is 12.8 Å². The Hall–Kier alpha value is -0.650. The Morgan fingerprint density at radius 1 is 1.39 bits per heavy atom. The van der Waals surface area contributed by atoms with Crippen molar-refractivity contribution in [2.45, 2.75) is 20.0 Å². The van der Waals surface area contributed by atoms with Crippen LogP contribution in [0.2, 0.25) is 0 Å². The Kier molecular flexibility index (Phi) is 6.05. The third-order valence-electron chi connectivity index (χ3n) is 2.58. The van der Waals surface area contributed by atoms with Crippen LogP contribution in [0, 0.1) is 11.7 Å². The van der Waals surface area contributed by atoms with E-state index in [1.807, 2.05) is 6.92 Å². The van der Waals surface area contributed by atoms with Crippen LogP contribution < -0.4 is 0 Å². The second-order valence-corrected chi connectivity index (χ2v) is 6.91. The van der Waals surface area contributed by atoms with E-state index in [-0.39, 0.29) is 30.7 Å². The molecule has 6 heteroatoms. The van der Waals surface area contributed by atoms with Gasteiger partial charge < -0.3 is 4.74 Å². The first-order valence-electron chi connectivity index (χ1n) is 5.66. The van der Waals surface area contributed by atoms with Gasteiger partial charge in [-0.1, -0.05) is 31.5 Å². The lowest BCUT2D eigenvalue weighted by molar-refractivity contribution is 0.0900. The summed E-state index contributed by atoms with van der Waals surface area (Å²) in [6, 6.07) is 6.32. The monoisotopic (exact) mass is 294 g/mol. The molecular formula is C12H16ClFO3S. The van der Waals surface area contributed by atoms with E-state index < -0.39 is 9.05 Å². The highest BCUT2D eigenvalue weighted by Crippen LogP contribution is 2.13. The summed E-state index contributed by atoms with van der Waals surface area (Å²) < 4.78 is 40.5. The molecule has 0 spiro atoms. The van der Waals surface area contributed by atoms with Gasteiger partial charge in [0.1, 0.15) is 5.82 Å². The lowest BCUT2D eigenvalue weighted by Gasteiger charge is -2.13. The summed E-state index contributed by atoms with van der Waals surface area (Å²) in [4.78, 5) is 0. The standard InChI is InChI=1S/C12H16ClFO3S/c1-2-10(9-18(13,15)16)7-17-8-11-5-3-4-6-12(11)14/h3-6,10H,2,7-9H2,1H3. The Bertz CT molecular complexity index is 476. The summed E-state index contributed by atoms with van der Waals surface area (Å²) in [5, 5.41) is 0. The van der Waals surface area contributed by atoms with Gasteiger partial charge in [-0.25, -0.2) is 12.8 Å². The lowest BCUT2D eigenvalue weighted by atomic mass is 10.1. The van der Waals surface area contributed by atoms with E-state index in [1.165, 1.54) is 6.07 Å². The number of ether oxygens (including phenoxy) is 1. The summed E-state index contributed by atoms with van der Waals surface area (Å²) >= 11 is 0. The largest absolute Gasteiger partial charge is 0.376 e. The molecule has 1 unspecified atom stereocenters. The van der Waals surface area contributed by atoms with Gasteiger partial charge in [0.2, 0.25) is 9.05 Å². The molecule has 0 N–H and O–H groups in total. The molecular weight excluding hydrogens is 279 g/mol. The first-order valence-corrected chi connectivity index (χ1v) is 8.13. The van der Waals surface area contributed by atoms with Gasteiger partial charge >= 0.3 is 0 Å². The molecule has 0 saturated carbocycles. The van der Waals surface area contributed by atoms with E-state index in [0.29, 0.717) is 12.0 Å². The van der Waals surface area contributed by atoms with Crippen LogP contribution in [0.15, 0.2) is 24.3 Å². The minimum absolute atomic E-state index is 0.123. The third kappa shape index (κ3) is 5.80. The number of rotatable bonds is 7. The zero-order valence-electron chi connectivity index (χ0n) is 10.1. The van der Waals surface area contributed by atoms with E-state index in [2.05, 4.69) is 0 Å². The van der Waals surface area contributed by atoms with Crippen molar-refractivity contribution in [1.82, 2.24) is 0 Å². The van der Waals surface area contributed by atoms with Gasteiger partial charge in [-0.2, -0.15) is 0 Å². The predicted molar refractivity (Wildman–Crippen MR) is 69.5 cm³/mol. The molecule has 1 aromatic rings. The molecule has 0 heterocycles. The quantitative estimate of drug-likeness (QED) is 0.726. The fourth-order valence-corrected chi connectivity index (χ4v) is 2.95. The summed E-state index contributed by atoms with van der Waals surface area (Å²) in [6.45, 7) is 2.24. The highest BCUT2D eigenvalue weighted by atomic mass is 35.7. The minimum atomic E-state index is -3.52. The molecule has 0 aromatic heterocycles. The average molecular weight is 295 g/mol. The summed E-state index contributed by atoms with van der Waals surface area (Å²) in [5.41, 5.74) is 0.459. The number of hydrogen-bond acceptors (Lipinski definition) is 3. The van der Waals surface area contributed by atoms with Crippen molar-refractivity contribution in [3.05, 3.63) is 35.6 Å². The van der Waals surface area contributed by atoms with Crippen LogP contribution in [0.5, 0.6) is 0 Å². The van der Waals surface area contributed by atoms with E-state index >= 15 is 0 Å².